The van der Waals surface area contributed by atoms with Crippen LogP contribution in [0.25, 0.3) is 0 Å². The first kappa shape index (κ1) is 16.6. The Labute approximate surface area is 144 Å². The molecule has 1 aliphatic rings. The average molecular weight is 323 g/mol. The molecule has 0 saturated carbocycles. The predicted molar refractivity (Wildman–Crippen MR) is 96.5 cm³/mol. The van der Waals surface area contributed by atoms with Crippen molar-refractivity contribution in [3.05, 3.63) is 59.7 Å². The Kier molecular flexibility index (Phi) is 4.89. The summed E-state index contributed by atoms with van der Waals surface area (Å²) in [5, 5.41) is 3.19. The zero-order valence-corrected chi connectivity index (χ0v) is 14.6. The van der Waals surface area contributed by atoms with Gasteiger partial charge < -0.3 is 10.1 Å². The van der Waals surface area contributed by atoms with E-state index in [9.17, 15) is 4.79 Å². The molecular formula is C21H25NO2. The van der Waals surface area contributed by atoms with Gasteiger partial charge in [0.25, 0.3) is 0 Å². The zero-order chi connectivity index (χ0) is 17.1. The van der Waals surface area contributed by atoms with Gasteiger partial charge in [0.15, 0.2) is 0 Å². The molecule has 3 heteroatoms. The van der Waals surface area contributed by atoms with E-state index >= 15 is 0 Å². The van der Waals surface area contributed by atoms with E-state index in [4.69, 9.17) is 4.74 Å². The van der Waals surface area contributed by atoms with Crippen LogP contribution in [0.3, 0.4) is 0 Å². The van der Waals surface area contributed by atoms with Crippen LogP contribution in [0.2, 0.25) is 0 Å². The fraction of sp³-hybridized carbons (Fsp3) is 0.381. The standard InChI is InChI=1S/C21H25NO2/c1-14(2)12-13-15(3)22-21(23)20-16-8-4-6-10-18(16)24-19-11-7-5-9-17(19)20/h4-11,14-15,20H,12-13H2,1-3H3,(H,22,23)/t15-/m1/s1. The van der Waals surface area contributed by atoms with Gasteiger partial charge in [-0.15, -0.1) is 0 Å². The first-order valence-corrected chi connectivity index (χ1v) is 8.72. The zero-order valence-electron chi connectivity index (χ0n) is 14.6. The summed E-state index contributed by atoms with van der Waals surface area (Å²) >= 11 is 0. The fourth-order valence-corrected chi connectivity index (χ4v) is 3.17. The summed E-state index contributed by atoms with van der Waals surface area (Å²) < 4.78 is 5.96. The number of hydrogen-bond donors (Lipinski definition) is 1. The lowest BCUT2D eigenvalue weighted by Gasteiger charge is -2.28. The van der Waals surface area contributed by atoms with Crippen LogP contribution in [0.15, 0.2) is 48.5 Å². The third-order valence-electron chi connectivity index (χ3n) is 4.51. The van der Waals surface area contributed by atoms with Crippen LogP contribution in [0.4, 0.5) is 0 Å². The van der Waals surface area contributed by atoms with E-state index < -0.39 is 0 Å². The van der Waals surface area contributed by atoms with E-state index in [1.807, 2.05) is 48.5 Å². The number of carbonyl (C=O) groups excluding carboxylic acids is 1. The number of hydrogen-bond acceptors (Lipinski definition) is 2. The third kappa shape index (κ3) is 3.45. The maximum atomic E-state index is 13.0. The number of nitrogens with one attached hydrogen (secondary N) is 1. The molecule has 0 bridgehead atoms. The number of para-hydroxylation sites is 2. The van der Waals surface area contributed by atoms with Crippen LogP contribution >= 0.6 is 0 Å². The summed E-state index contributed by atoms with van der Waals surface area (Å²) in [6.07, 6.45) is 2.11. The molecule has 1 N–H and O–H groups in total. The molecule has 1 heterocycles. The van der Waals surface area contributed by atoms with Crippen LogP contribution in [-0.4, -0.2) is 11.9 Å². The summed E-state index contributed by atoms with van der Waals surface area (Å²) in [6.45, 7) is 6.50. The minimum atomic E-state index is -0.312. The highest BCUT2D eigenvalue weighted by Crippen LogP contribution is 2.43. The molecule has 2 aromatic carbocycles. The highest BCUT2D eigenvalue weighted by atomic mass is 16.5. The molecule has 1 amide bonds. The van der Waals surface area contributed by atoms with E-state index in [0.717, 1.165) is 35.5 Å². The maximum Gasteiger partial charge on any atom is 0.232 e. The topological polar surface area (TPSA) is 38.3 Å². The van der Waals surface area contributed by atoms with Gasteiger partial charge in [-0.2, -0.15) is 0 Å². The van der Waals surface area contributed by atoms with Gasteiger partial charge in [0.2, 0.25) is 5.91 Å². The molecule has 24 heavy (non-hydrogen) atoms. The minimum absolute atomic E-state index is 0.0504. The van der Waals surface area contributed by atoms with Crippen molar-refractivity contribution in [2.45, 2.75) is 45.6 Å². The maximum absolute atomic E-state index is 13.0. The Bertz CT molecular complexity index is 678. The number of benzene rings is 2. The lowest BCUT2D eigenvalue weighted by Crippen LogP contribution is -2.37. The summed E-state index contributed by atoms with van der Waals surface area (Å²) in [5.41, 5.74) is 1.87. The van der Waals surface area contributed by atoms with Crippen LogP contribution in [-0.2, 0) is 4.79 Å². The second-order valence-electron chi connectivity index (χ2n) is 6.99. The molecule has 0 unspecified atom stereocenters. The van der Waals surface area contributed by atoms with E-state index in [1.54, 1.807) is 0 Å². The molecule has 3 rings (SSSR count). The van der Waals surface area contributed by atoms with Crippen molar-refractivity contribution in [3.8, 4) is 11.5 Å². The lowest BCUT2D eigenvalue weighted by atomic mass is 9.87. The number of fused-ring (bicyclic) bond motifs is 2. The van der Waals surface area contributed by atoms with Crippen LogP contribution in [0.5, 0.6) is 11.5 Å². The molecule has 0 saturated heterocycles. The Morgan fingerprint density at radius 1 is 0.958 bits per heavy atom. The molecule has 126 valence electrons. The molecule has 1 aliphatic heterocycles. The van der Waals surface area contributed by atoms with Crippen molar-refractivity contribution in [2.24, 2.45) is 5.92 Å². The number of carbonyl (C=O) groups is 1. The van der Waals surface area contributed by atoms with E-state index in [2.05, 4.69) is 26.1 Å². The van der Waals surface area contributed by atoms with Gasteiger partial charge in [-0.3, -0.25) is 4.79 Å². The van der Waals surface area contributed by atoms with Gasteiger partial charge in [-0.25, -0.2) is 0 Å². The highest BCUT2D eigenvalue weighted by Gasteiger charge is 2.32. The van der Waals surface area contributed by atoms with Crippen molar-refractivity contribution in [2.75, 3.05) is 0 Å². The molecule has 0 aromatic heterocycles. The van der Waals surface area contributed by atoms with E-state index in [0.29, 0.717) is 5.92 Å². The van der Waals surface area contributed by atoms with Crippen molar-refractivity contribution in [3.63, 3.8) is 0 Å². The Morgan fingerprint density at radius 2 is 1.50 bits per heavy atom. The largest absolute Gasteiger partial charge is 0.457 e. The second-order valence-corrected chi connectivity index (χ2v) is 6.99. The first-order chi connectivity index (χ1) is 11.6. The molecule has 0 aliphatic carbocycles. The van der Waals surface area contributed by atoms with Gasteiger partial charge in [-0.1, -0.05) is 50.2 Å². The molecule has 1 atom stereocenters. The van der Waals surface area contributed by atoms with E-state index in [1.165, 1.54) is 0 Å². The van der Waals surface area contributed by atoms with Crippen molar-refractivity contribution >= 4 is 5.91 Å². The summed E-state index contributed by atoms with van der Waals surface area (Å²) in [5.74, 6) is 1.92. The monoisotopic (exact) mass is 323 g/mol. The first-order valence-electron chi connectivity index (χ1n) is 8.72. The Morgan fingerprint density at radius 3 is 2.04 bits per heavy atom. The van der Waals surface area contributed by atoms with Gasteiger partial charge >= 0.3 is 0 Å². The lowest BCUT2D eigenvalue weighted by molar-refractivity contribution is -0.122. The van der Waals surface area contributed by atoms with Crippen molar-refractivity contribution in [1.82, 2.24) is 5.32 Å². The summed E-state index contributed by atoms with van der Waals surface area (Å²) in [6, 6.07) is 15.8. The van der Waals surface area contributed by atoms with Gasteiger partial charge in [0, 0.05) is 17.2 Å². The van der Waals surface area contributed by atoms with Gasteiger partial charge in [0.1, 0.15) is 11.5 Å². The average Bonchev–Trinajstić information content (AvgIpc) is 2.57. The fourth-order valence-electron chi connectivity index (χ4n) is 3.17. The predicted octanol–water partition coefficient (Wildman–Crippen LogP) is 4.87. The Hall–Kier alpha value is -2.29. The summed E-state index contributed by atoms with van der Waals surface area (Å²) in [7, 11) is 0. The van der Waals surface area contributed by atoms with Crippen molar-refractivity contribution in [1.29, 1.82) is 0 Å². The smallest absolute Gasteiger partial charge is 0.232 e. The van der Waals surface area contributed by atoms with Gasteiger partial charge in [-0.05, 0) is 37.8 Å². The molecule has 0 spiro atoms. The molecule has 0 fully saturated rings. The summed E-state index contributed by atoms with van der Waals surface area (Å²) in [4.78, 5) is 13.0. The Balaban J connectivity index is 1.85. The number of rotatable bonds is 5. The van der Waals surface area contributed by atoms with Gasteiger partial charge in [0.05, 0.1) is 5.92 Å². The number of amides is 1. The minimum Gasteiger partial charge on any atom is -0.457 e. The molecular weight excluding hydrogens is 298 g/mol. The highest BCUT2D eigenvalue weighted by molar-refractivity contribution is 5.89. The van der Waals surface area contributed by atoms with Crippen LogP contribution in [0.1, 0.15) is 50.7 Å². The molecule has 0 radical (unpaired) electrons. The van der Waals surface area contributed by atoms with E-state index in [-0.39, 0.29) is 17.9 Å². The SMILES string of the molecule is CC(C)CC[C@@H](C)NC(=O)C1c2ccccc2Oc2ccccc21. The van der Waals surface area contributed by atoms with Crippen molar-refractivity contribution < 1.29 is 9.53 Å². The number of ether oxygens (including phenoxy) is 1. The second kappa shape index (κ2) is 7.08. The van der Waals surface area contributed by atoms with Crippen LogP contribution < -0.4 is 10.1 Å². The molecule has 3 nitrogen and oxygen atoms in total. The quantitative estimate of drug-likeness (QED) is 0.853. The van der Waals surface area contributed by atoms with Crippen LogP contribution in [0, 0.1) is 5.92 Å². The normalized spacial score (nSPS) is 14.5. The third-order valence-corrected chi connectivity index (χ3v) is 4.51. The molecule has 2 aromatic rings.